The molecule has 0 unspecified atom stereocenters. The monoisotopic (exact) mass is 180 g/mol. The van der Waals surface area contributed by atoms with Crippen molar-refractivity contribution in [2.24, 2.45) is 0 Å². The van der Waals surface area contributed by atoms with Crippen molar-refractivity contribution in [3.8, 4) is 0 Å². The predicted octanol–water partition coefficient (Wildman–Crippen LogP) is 0.934. The molecule has 0 atom stereocenters. The summed E-state index contributed by atoms with van der Waals surface area (Å²) in [4.78, 5) is 16.9. The first-order valence-electron chi connectivity index (χ1n) is 3.86. The molecule has 0 aromatic carbocycles. The number of pyridine rings is 1. The highest BCUT2D eigenvalue weighted by molar-refractivity contribution is 5.89. The number of anilines is 1. The molecular formula is C9H12N2O2. The summed E-state index contributed by atoms with van der Waals surface area (Å²) >= 11 is 0. The van der Waals surface area contributed by atoms with Gasteiger partial charge in [0, 0.05) is 20.3 Å². The molecule has 0 N–H and O–H groups in total. The average Bonchev–Trinajstić information content (AvgIpc) is 2.17. The first-order valence-corrected chi connectivity index (χ1v) is 3.86. The average molecular weight is 180 g/mol. The molecule has 0 fully saturated rings. The van der Waals surface area contributed by atoms with Gasteiger partial charge in [-0.1, -0.05) is 0 Å². The number of methoxy groups -OCH3 is 1. The van der Waals surface area contributed by atoms with Gasteiger partial charge in [-0.05, 0) is 6.07 Å². The van der Waals surface area contributed by atoms with Gasteiger partial charge in [0.2, 0.25) is 0 Å². The van der Waals surface area contributed by atoms with E-state index in [4.69, 9.17) is 0 Å². The molecule has 0 amide bonds. The van der Waals surface area contributed by atoms with E-state index in [1.54, 1.807) is 12.3 Å². The standard InChI is InChI=1S/C9H12N2O2/c1-11(2)8-4-7(5-10-6-8)9(12)13-3/h4-6H,1-3H3. The summed E-state index contributed by atoms with van der Waals surface area (Å²) in [5.74, 6) is -0.365. The van der Waals surface area contributed by atoms with E-state index in [2.05, 4.69) is 9.72 Å². The van der Waals surface area contributed by atoms with Gasteiger partial charge in [-0.15, -0.1) is 0 Å². The number of carbonyl (C=O) groups excluding carboxylic acids is 1. The minimum atomic E-state index is -0.365. The van der Waals surface area contributed by atoms with Crippen molar-refractivity contribution in [3.05, 3.63) is 24.0 Å². The van der Waals surface area contributed by atoms with Crippen LogP contribution in [-0.4, -0.2) is 32.2 Å². The quantitative estimate of drug-likeness (QED) is 0.635. The molecule has 0 aliphatic heterocycles. The highest BCUT2D eigenvalue weighted by atomic mass is 16.5. The number of rotatable bonds is 2. The molecule has 0 aliphatic carbocycles. The smallest absolute Gasteiger partial charge is 0.339 e. The van der Waals surface area contributed by atoms with Crippen molar-refractivity contribution < 1.29 is 9.53 Å². The van der Waals surface area contributed by atoms with Crippen LogP contribution in [0.1, 0.15) is 10.4 Å². The SMILES string of the molecule is COC(=O)c1cncc(N(C)C)c1. The van der Waals surface area contributed by atoms with Crippen LogP contribution in [-0.2, 0) is 4.74 Å². The lowest BCUT2D eigenvalue weighted by Gasteiger charge is -2.11. The molecular weight excluding hydrogens is 168 g/mol. The van der Waals surface area contributed by atoms with E-state index < -0.39 is 0 Å². The van der Waals surface area contributed by atoms with Gasteiger partial charge in [-0.25, -0.2) is 4.79 Å². The van der Waals surface area contributed by atoms with E-state index in [-0.39, 0.29) is 5.97 Å². The molecule has 0 spiro atoms. The molecule has 0 aliphatic rings. The fourth-order valence-corrected chi connectivity index (χ4v) is 0.902. The number of carbonyl (C=O) groups is 1. The Labute approximate surface area is 77.1 Å². The summed E-state index contributed by atoms with van der Waals surface area (Å²) in [6.45, 7) is 0. The topological polar surface area (TPSA) is 42.4 Å². The normalized spacial score (nSPS) is 9.46. The van der Waals surface area contributed by atoms with E-state index in [0.717, 1.165) is 5.69 Å². The van der Waals surface area contributed by atoms with Crippen molar-refractivity contribution in [1.29, 1.82) is 0 Å². The summed E-state index contributed by atoms with van der Waals surface area (Å²) in [6, 6.07) is 1.73. The molecule has 70 valence electrons. The molecule has 13 heavy (non-hydrogen) atoms. The predicted molar refractivity (Wildman–Crippen MR) is 49.9 cm³/mol. The number of hydrogen-bond donors (Lipinski definition) is 0. The molecule has 0 saturated carbocycles. The zero-order valence-corrected chi connectivity index (χ0v) is 7.94. The fraction of sp³-hybridized carbons (Fsp3) is 0.333. The lowest BCUT2D eigenvalue weighted by molar-refractivity contribution is 0.0600. The zero-order valence-electron chi connectivity index (χ0n) is 7.94. The van der Waals surface area contributed by atoms with Crippen LogP contribution >= 0.6 is 0 Å². The van der Waals surface area contributed by atoms with E-state index in [1.165, 1.54) is 13.3 Å². The molecule has 1 rings (SSSR count). The second kappa shape index (κ2) is 3.89. The highest BCUT2D eigenvalue weighted by Gasteiger charge is 2.06. The summed E-state index contributed by atoms with van der Waals surface area (Å²) in [7, 11) is 5.13. The van der Waals surface area contributed by atoms with Crippen molar-refractivity contribution >= 4 is 11.7 Å². The van der Waals surface area contributed by atoms with Crippen LogP contribution in [0.2, 0.25) is 0 Å². The summed E-state index contributed by atoms with van der Waals surface area (Å²) in [5.41, 5.74) is 1.34. The Morgan fingerprint density at radius 2 is 2.15 bits per heavy atom. The maximum atomic E-state index is 11.1. The van der Waals surface area contributed by atoms with Crippen LogP contribution in [0.3, 0.4) is 0 Å². The van der Waals surface area contributed by atoms with Gasteiger partial charge >= 0.3 is 5.97 Å². The Morgan fingerprint density at radius 3 is 2.69 bits per heavy atom. The van der Waals surface area contributed by atoms with Crippen molar-refractivity contribution in [3.63, 3.8) is 0 Å². The van der Waals surface area contributed by atoms with Gasteiger partial charge in [-0.2, -0.15) is 0 Å². The number of hydrogen-bond acceptors (Lipinski definition) is 4. The third-order valence-electron chi connectivity index (χ3n) is 1.66. The Bertz CT molecular complexity index is 310. The van der Waals surface area contributed by atoms with Crippen LogP contribution in [0, 0.1) is 0 Å². The molecule has 0 saturated heterocycles. The number of ether oxygens (including phenoxy) is 1. The second-order valence-electron chi connectivity index (χ2n) is 2.82. The number of aromatic nitrogens is 1. The fourth-order valence-electron chi connectivity index (χ4n) is 0.902. The van der Waals surface area contributed by atoms with Crippen LogP contribution in [0.4, 0.5) is 5.69 Å². The third kappa shape index (κ3) is 2.18. The molecule has 4 heteroatoms. The molecule has 4 nitrogen and oxygen atoms in total. The van der Waals surface area contributed by atoms with E-state index >= 15 is 0 Å². The van der Waals surface area contributed by atoms with Crippen LogP contribution < -0.4 is 4.90 Å². The van der Waals surface area contributed by atoms with Gasteiger partial charge in [0.1, 0.15) is 0 Å². The molecule has 1 heterocycles. The highest BCUT2D eigenvalue weighted by Crippen LogP contribution is 2.11. The molecule has 1 aromatic heterocycles. The van der Waals surface area contributed by atoms with Gasteiger partial charge in [0.15, 0.2) is 0 Å². The van der Waals surface area contributed by atoms with E-state index in [1.807, 2.05) is 19.0 Å². The maximum Gasteiger partial charge on any atom is 0.339 e. The van der Waals surface area contributed by atoms with Gasteiger partial charge in [0.25, 0.3) is 0 Å². The minimum absolute atomic E-state index is 0.365. The van der Waals surface area contributed by atoms with Gasteiger partial charge in [-0.3, -0.25) is 4.98 Å². The third-order valence-corrected chi connectivity index (χ3v) is 1.66. The van der Waals surface area contributed by atoms with Crippen LogP contribution in [0.5, 0.6) is 0 Å². The Morgan fingerprint density at radius 1 is 1.46 bits per heavy atom. The lowest BCUT2D eigenvalue weighted by Crippen LogP contribution is -2.10. The van der Waals surface area contributed by atoms with Crippen LogP contribution in [0.25, 0.3) is 0 Å². The molecule has 0 radical (unpaired) electrons. The van der Waals surface area contributed by atoms with Crippen molar-refractivity contribution in [2.45, 2.75) is 0 Å². The van der Waals surface area contributed by atoms with E-state index in [0.29, 0.717) is 5.56 Å². The van der Waals surface area contributed by atoms with E-state index in [9.17, 15) is 4.79 Å². The van der Waals surface area contributed by atoms with Gasteiger partial charge in [0.05, 0.1) is 24.6 Å². The van der Waals surface area contributed by atoms with Crippen molar-refractivity contribution in [1.82, 2.24) is 4.98 Å². The summed E-state index contributed by atoms with van der Waals surface area (Å²) < 4.78 is 4.57. The molecule has 0 bridgehead atoms. The Kier molecular flexibility index (Phi) is 2.84. The maximum absolute atomic E-state index is 11.1. The Balaban J connectivity index is 2.98. The second-order valence-corrected chi connectivity index (χ2v) is 2.82. The molecule has 1 aromatic rings. The first kappa shape index (κ1) is 9.51. The Hall–Kier alpha value is -1.58. The van der Waals surface area contributed by atoms with Crippen molar-refractivity contribution in [2.75, 3.05) is 26.1 Å². The summed E-state index contributed by atoms with van der Waals surface area (Å²) in [5, 5.41) is 0. The number of nitrogens with zero attached hydrogens (tertiary/aromatic N) is 2. The lowest BCUT2D eigenvalue weighted by atomic mass is 10.2. The minimum Gasteiger partial charge on any atom is -0.465 e. The summed E-state index contributed by atoms with van der Waals surface area (Å²) in [6.07, 6.45) is 3.17. The number of esters is 1. The van der Waals surface area contributed by atoms with Gasteiger partial charge < -0.3 is 9.64 Å². The first-order chi connectivity index (χ1) is 6.15. The van der Waals surface area contributed by atoms with Crippen LogP contribution in [0.15, 0.2) is 18.5 Å². The largest absolute Gasteiger partial charge is 0.465 e. The zero-order chi connectivity index (χ0) is 9.84.